The molecule has 2 amide bonds. The molecule has 0 aromatic heterocycles. The van der Waals surface area contributed by atoms with Crippen LogP contribution < -0.4 is 16.4 Å². The van der Waals surface area contributed by atoms with Crippen molar-refractivity contribution in [1.82, 2.24) is 10.6 Å². The Morgan fingerprint density at radius 1 is 1.43 bits per heavy atom. The molecule has 6 nitrogen and oxygen atoms in total. The van der Waals surface area contributed by atoms with Crippen LogP contribution in [0.1, 0.15) is 22.8 Å². The van der Waals surface area contributed by atoms with E-state index in [0.29, 0.717) is 13.2 Å². The summed E-state index contributed by atoms with van der Waals surface area (Å²) in [6.07, 6.45) is 0. The van der Waals surface area contributed by atoms with Crippen molar-refractivity contribution in [3.8, 4) is 0 Å². The van der Waals surface area contributed by atoms with Crippen LogP contribution in [-0.4, -0.2) is 38.1 Å². The molecule has 0 aliphatic rings. The second-order valence-electron chi connectivity index (χ2n) is 4.68. The number of aryl methyl sites for hydroxylation is 1. The first-order valence-corrected chi connectivity index (χ1v) is 6.50. The Hall–Kier alpha value is -2.15. The summed E-state index contributed by atoms with van der Waals surface area (Å²) in [5.41, 5.74) is 5.98. The molecular formula is C14H20FN3O3. The van der Waals surface area contributed by atoms with Gasteiger partial charge in [-0.25, -0.2) is 4.39 Å². The zero-order valence-corrected chi connectivity index (χ0v) is 12.3. The van der Waals surface area contributed by atoms with Crippen LogP contribution in [-0.2, 0) is 9.53 Å². The summed E-state index contributed by atoms with van der Waals surface area (Å²) < 4.78 is 18.7. The third kappa shape index (κ3) is 4.71. The molecule has 7 heteroatoms. The molecule has 21 heavy (non-hydrogen) atoms. The molecule has 0 bridgehead atoms. The number of benzene rings is 1. The van der Waals surface area contributed by atoms with E-state index in [2.05, 4.69) is 10.6 Å². The molecular weight excluding hydrogens is 277 g/mol. The lowest BCUT2D eigenvalue weighted by atomic mass is 10.1. The standard InChI is InChI=1S/C14H20FN3O3/c1-8-6-10(16)7-11(12(8)15)14(20)18-9(2)13(19)17-4-5-21-3/h6-7,9H,4-5,16H2,1-3H3,(H,17,19)(H,18,20). The third-order valence-corrected chi connectivity index (χ3v) is 2.87. The van der Waals surface area contributed by atoms with E-state index in [0.717, 1.165) is 0 Å². The molecule has 0 fully saturated rings. The molecule has 4 N–H and O–H groups in total. The fourth-order valence-corrected chi connectivity index (χ4v) is 1.73. The van der Waals surface area contributed by atoms with E-state index in [1.54, 1.807) is 0 Å². The Morgan fingerprint density at radius 3 is 2.71 bits per heavy atom. The summed E-state index contributed by atoms with van der Waals surface area (Å²) in [4.78, 5) is 23.7. The fraction of sp³-hybridized carbons (Fsp3) is 0.429. The summed E-state index contributed by atoms with van der Waals surface area (Å²) in [5, 5.41) is 5.01. The van der Waals surface area contributed by atoms with Crippen molar-refractivity contribution in [2.45, 2.75) is 19.9 Å². The van der Waals surface area contributed by atoms with Gasteiger partial charge in [-0.2, -0.15) is 0 Å². The number of nitrogen functional groups attached to an aromatic ring is 1. The number of halogens is 1. The summed E-state index contributed by atoms with van der Waals surface area (Å²) in [6.45, 7) is 3.73. The molecule has 1 atom stereocenters. The lowest BCUT2D eigenvalue weighted by Gasteiger charge is -2.15. The zero-order valence-electron chi connectivity index (χ0n) is 12.3. The SMILES string of the molecule is COCCNC(=O)C(C)NC(=O)c1cc(N)cc(C)c1F. The predicted molar refractivity (Wildman–Crippen MR) is 77.4 cm³/mol. The minimum absolute atomic E-state index is 0.177. The van der Waals surface area contributed by atoms with Gasteiger partial charge in [0.2, 0.25) is 5.91 Å². The average molecular weight is 297 g/mol. The number of carbonyl (C=O) groups excluding carboxylic acids is 2. The van der Waals surface area contributed by atoms with Crippen LogP contribution in [0.15, 0.2) is 12.1 Å². The molecule has 1 aromatic rings. The van der Waals surface area contributed by atoms with Gasteiger partial charge < -0.3 is 21.1 Å². The van der Waals surface area contributed by atoms with Gasteiger partial charge in [0.25, 0.3) is 5.91 Å². The molecule has 0 aliphatic carbocycles. The number of nitrogens with one attached hydrogen (secondary N) is 2. The number of anilines is 1. The van der Waals surface area contributed by atoms with E-state index in [1.165, 1.54) is 33.1 Å². The van der Waals surface area contributed by atoms with E-state index < -0.39 is 17.8 Å². The van der Waals surface area contributed by atoms with E-state index in [4.69, 9.17) is 10.5 Å². The van der Waals surface area contributed by atoms with Crippen molar-refractivity contribution < 1.29 is 18.7 Å². The molecule has 0 saturated heterocycles. The minimum Gasteiger partial charge on any atom is -0.399 e. The van der Waals surface area contributed by atoms with Crippen molar-refractivity contribution in [3.05, 3.63) is 29.1 Å². The second-order valence-corrected chi connectivity index (χ2v) is 4.68. The number of hydrogen-bond donors (Lipinski definition) is 3. The first-order chi connectivity index (χ1) is 9.86. The maximum atomic E-state index is 13.9. The Balaban J connectivity index is 2.71. The highest BCUT2D eigenvalue weighted by Crippen LogP contribution is 2.17. The van der Waals surface area contributed by atoms with Gasteiger partial charge in [-0.3, -0.25) is 9.59 Å². The van der Waals surface area contributed by atoms with Gasteiger partial charge in [-0.15, -0.1) is 0 Å². The van der Waals surface area contributed by atoms with Crippen LogP contribution in [0, 0.1) is 12.7 Å². The molecule has 0 aliphatic heterocycles. The van der Waals surface area contributed by atoms with Gasteiger partial charge in [0.1, 0.15) is 11.9 Å². The number of carbonyl (C=O) groups is 2. The first-order valence-electron chi connectivity index (χ1n) is 6.50. The molecule has 1 unspecified atom stereocenters. The van der Waals surface area contributed by atoms with Gasteiger partial charge in [-0.1, -0.05) is 0 Å². The predicted octanol–water partition coefficient (Wildman–Crippen LogP) is 0.597. The normalized spacial score (nSPS) is 11.8. The summed E-state index contributed by atoms with van der Waals surface area (Å²) in [6, 6.07) is 1.88. The lowest BCUT2D eigenvalue weighted by Crippen LogP contribution is -2.45. The Kier molecular flexibility index (Phi) is 6.10. The number of ether oxygens (including phenoxy) is 1. The van der Waals surface area contributed by atoms with E-state index in [9.17, 15) is 14.0 Å². The number of methoxy groups -OCH3 is 1. The van der Waals surface area contributed by atoms with Gasteiger partial charge in [0.15, 0.2) is 0 Å². The van der Waals surface area contributed by atoms with Gasteiger partial charge in [-0.05, 0) is 31.5 Å². The molecule has 0 heterocycles. The summed E-state index contributed by atoms with van der Waals surface area (Å²) in [5.74, 6) is -1.70. The third-order valence-electron chi connectivity index (χ3n) is 2.87. The molecule has 1 aromatic carbocycles. The summed E-state index contributed by atoms with van der Waals surface area (Å²) in [7, 11) is 1.52. The van der Waals surface area contributed by atoms with Crippen LogP contribution in [0.3, 0.4) is 0 Å². The molecule has 116 valence electrons. The quantitative estimate of drug-likeness (QED) is 0.529. The Bertz CT molecular complexity index is 534. The van der Waals surface area contributed by atoms with Crippen molar-refractivity contribution in [3.63, 3.8) is 0 Å². The fourth-order valence-electron chi connectivity index (χ4n) is 1.73. The number of hydrogen-bond acceptors (Lipinski definition) is 4. The number of amides is 2. The van der Waals surface area contributed by atoms with E-state index in [-0.39, 0.29) is 22.7 Å². The van der Waals surface area contributed by atoms with Gasteiger partial charge in [0.05, 0.1) is 12.2 Å². The molecule has 1 rings (SSSR count). The second kappa shape index (κ2) is 7.58. The van der Waals surface area contributed by atoms with Crippen molar-refractivity contribution in [1.29, 1.82) is 0 Å². The zero-order chi connectivity index (χ0) is 16.0. The van der Waals surface area contributed by atoms with E-state index in [1.807, 2.05) is 0 Å². The average Bonchev–Trinajstić information content (AvgIpc) is 2.42. The number of rotatable bonds is 6. The maximum Gasteiger partial charge on any atom is 0.254 e. The summed E-state index contributed by atoms with van der Waals surface area (Å²) >= 11 is 0. The van der Waals surface area contributed by atoms with Crippen molar-refractivity contribution in [2.75, 3.05) is 26.0 Å². The van der Waals surface area contributed by atoms with Crippen LogP contribution in [0.2, 0.25) is 0 Å². The highest BCUT2D eigenvalue weighted by Gasteiger charge is 2.19. The smallest absolute Gasteiger partial charge is 0.254 e. The minimum atomic E-state index is -0.796. The van der Waals surface area contributed by atoms with Gasteiger partial charge in [0, 0.05) is 19.3 Å². The maximum absolute atomic E-state index is 13.9. The Labute approximate surface area is 122 Å². The topological polar surface area (TPSA) is 93.5 Å². The van der Waals surface area contributed by atoms with E-state index >= 15 is 0 Å². The lowest BCUT2D eigenvalue weighted by molar-refractivity contribution is -0.122. The van der Waals surface area contributed by atoms with Crippen LogP contribution in [0.4, 0.5) is 10.1 Å². The van der Waals surface area contributed by atoms with Crippen molar-refractivity contribution >= 4 is 17.5 Å². The molecule has 0 radical (unpaired) electrons. The first kappa shape index (κ1) is 16.9. The molecule has 0 spiro atoms. The number of nitrogens with two attached hydrogens (primary N) is 1. The Morgan fingerprint density at radius 2 is 2.10 bits per heavy atom. The van der Waals surface area contributed by atoms with Crippen LogP contribution in [0.5, 0.6) is 0 Å². The van der Waals surface area contributed by atoms with Crippen LogP contribution in [0.25, 0.3) is 0 Å². The molecule has 0 saturated carbocycles. The highest BCUT2D eigenvalue weighted by molar-refractivity contribution is 5.98. The van der Waals surface area contributed by atoms with Gasteiger partial charge >= 0.3 is 0 Å². The highest BCUT2D eigenvalue weighted by atomic mass is 19.1. The largest absolute Gasteiger partial charge is 0.399 e. The van der Waals surface area contributed by atoms with Crippen molar-refractivity contribution in [2.24, 2.45) is 0 Å². The monoisotopic (exact) mass is 297 g/mol. The van der Waals surface area contributed by atoms with Crippen LogP contribution >= 0.6 is 0 Å².